The number of imidazole rings is 1. The molecule has 0 spiro atoms. The van der Waals surface area contributed by atoms with Crippen LogP contribution in [0.25, 0.3) is 11.2 Å². The van der Waals surface area contributed by atoms with Crippen LogP contribution in [0.15, 0.2) is 18.6 Å². The van der Waals surface area contributed by atoms with Crippen LogP contribution in [0.3, 0.4) is 0 Å². The van der Waals surface area contributed by atoms with E-state index in [1.165, 1.54) is 0 Å². The van der Waals surface area contributed by atoms with Gasteiger partial charge >= 0.3 is 0 Å². The Morgan fingerprint density at radius 1 is 1.53 bits per heavy atom. The van der Waals surface area contributed by atoms with Crippen LogP contribution in [0.5, 0.6) is 0 Å². The van der Waals surface area contributed by atoms with Crippen molar-refractivity contribution in [3.8, 4) is 0 Å². The maximum absolute atomic E-state index is 11.4. The summed E-state index contributed by atoms with van der Waals surface area (Å²) in [7, 11) is 0. The summed E-state index contributed by atoms with van der Waals surface area (Å²) in [6.45, 7) is 1.97. The lowest BCUT2D eigenvalue weighted by Crippen LogP contribution is -2.10. The molecule has 0 aliphatic carbocycles. The van der Waals surface area contributed by atoms with Gasteiger partial charge in [0.25, 0.3) is 0 Å². The van der Waals surface area contributed by atoms with Crippen LogP contribution in [0.2, 0.25) is 0 Å². The van der Waals surface area contributed by atoms with Crippen LogP contribution < -0.4 is 5.32 Å². The zero-order chi connectivity index (χ0) is 10.7. The van der Waals surface area contributed by atoms with E-state index in [2.05, 4.69) is 20.3 Å². The molecule has 2 heterocycles. The molecule has 0 bridgehead atoms. The van der Waals surface area contributed by atoms with E-state index in [9.17, 15) is 4.79 Å². The Bertz CT molecular complexity index is 477. The van der Waals surface area contributed by atoms with Gasteiger partial charge in [-0.1, -0.05) is 6.92 Å². The van der Waals surface area contributed by atoms with Gasteiger partial charge in [0.05, 0.1) is 12.0 Å². The van der Waals surface area contributed by atoms with E-state index in [0.29, 0.717) is 12.1 Å². The average molecular weight is 204 g/mol. The highest BCUT2D eigenvalue weighted by Gasteiger charge is 2.06. The number of carbonyl (C=O) groups is 1. The molecule has 15 heavy (non-hydrogen) atoms. The number of rotatable bonds is 3. The van der Waals surface area contributed by atoms with Crippen LogP contribution >= 0.6 is 0 Å². The molecule has 0 fully saturated rings. The van der Waals surface area contributed by atoms with E-state index >= 15 is 0 Å². The minimum Gasteiger partial charge on any atom is -0.342 e. The molecular formula is C10H12N4O. The average Bonchev–Trinajstić information content (AvgIpc) is 2.67. The van der Waals surface area contributed by atoms with Crippen molar-refractivity contribution in [1.29, 1.82) is 0 Å². The lowest BCUT2D eigenvalue weighted by Gasteiger charge is -2.04. The summed E-state index contributed by atoms with van der Waals surface area (Å²) in [5.41, 5.74) is 2.11. The molecule has 78 valence electrons. The molecule has 0 atom stereocenters. The fourth-order valence-corrected chi connectivity index (χ4v) is 1.39. The molecule has 2 aromatic heterocycles. The highest BCUT2D eigenvalue weighted by atomic mass is 16.1. The number of pyridine rings is 1. The Morgan fingerprint density at radius 3 is 3.20 bits per heavy atom. The van der Waals surface area contributed by atoms with Gasteiger partial charge in [-0.25, -0.2) is 9.97 Å². The van der Waals surface area contributed by atoms with Crippen molar-refractivity contribution in [2.24, 2.45) is 0 Å². The van der Waals surface area contributed by atoms with Crippen molar-refractivity contribution >= 4 is 22.8 Å². The number of hydrogen-bond donors (Lipinski definition) is 2. The van der Waals surface area contributed by atoms with Crippen molar-refractivity contribution < 1.29 is 4.79 Å². The normalized spacial score (nSPS) is 10.5. The first-order chi connectivity index (χ1) is 7.31. The molecule has 2 N–H and O–H groups in total. The van der Waals surface area contributed by atoms with Gasteiger partial charge in [0, 0.05) is 12.6 Å². The zero-order valence-corrected chi connectivity index (χ0v) is 8.45. The molecule has 0 saturated carbocycles. The van der Waals surface area contributed by atoms with Gasteiger partial charge in [-0.05, 0) is 12.5 Å². The van der Waals surface area contributed by atoms with Gasteiger partial charge in [-0.3, -0.25) is 4.79 Å². The molecule has 2 aromatic rings. The first-order valence-corrected chi connectivity index (χ1v) is 4.89. The van der Waals surface area contributed by atoms with Crippen molar-refractivity contribution in [2.45, 2.75) is 19.8 Å². The summed E-state index contributed by atoms with van der Waals surface area (Å²) < 4.78 is 0. The zero-order valence-electron chi connectivity index (χ0n) is 8.45. The van der Waals surface area contributed by atoms with Crippen LogP contribution in [-0.4, -0.2) is 20.9 Å². The van der Waals surface area contributed by atoms with E-state index < -0.39 is 0 Å². The van der Waals surface area contributed by atoms with E-state index in [1.54, 1.807) is 18.6 Å². The topological polar surface area (TPSA) is 70.7 Å². The van der Waals surface area contributed by atoms with Gasteiger partial charge in [0.15, 0.2) is 5.65 Å². The second-order valence-electron chi connectivity index (χ2n) is 3.26. The van der Waals surface area contributed by atoms with Gasteiger partial charge in [0.2, 0.25) is 5.91 Å². The Hall–Kier alpha value is -1.91. The van der Waals surface area contributed by atoms with Gasteiger partial charge in [-0.2, -0.15) is 0 Å². The number of nitrogens with one attached hydrogen (secondary N) is 2. The fraction of sp³-hybridized carbons (Fsp3) is 0.300. The molecule has 0 aliphatic heterocycles. The highest BCUT2D eigenvalue weighted by molar-refractivity contribution is 5.98. The SMILES string of the molecule is CCCC(=O)Nc1ccnc2nc[nH]c12. The predicted octanol–water partition coefficient (Wildman–Crippen LogP) is 1.70. The van der Waals surface area contributed by atoms with Gasteiger partial charge in [0.1, 0.15) is 5.52 Å². The van der Waals surface area contributed by atoms with Crippen molar-refractivity contribution in [3.63, 3.8) is 0 Å². The first-order valence-electron chi connectivity index (χ1n) is 4.89. The van der Waals surface area contributed by atoms with E-state index in [0.717, 1.165) is 17.6 Å². The van der Waals surface area contributed by atoms with Crippen LogP contribution in [0, 0.1) is 0 Å². The van der Waals surface area contributed by atoms with E-state index in [-0.39, 0.29) is 5.91 Å². The number of fused-ring (bicyclic) bond motifs is 1. The number of nitrogens with zero attached hydrogens (tertiary/aromatic N) is 2. The lowest BCUT2D eigenvalue weighted by atomic mass is 10.3. The lowest BCUT2D eigenvalue weighted by molar-refractivity contribution is -0.116. The molecule has 0 radical (unpaired) electrons. The first kappa shape index (κ1) is 9.64. The maximum atomic E-state index is 11.4. The van der Waals surface area contributed by atoms with Crippen molar-refractivity contribution in [3.05, 3.63) is 18.6 Å². The Labute approximate surface area is 86.9 Å². The number of H-pyrrole nitrogens is 1. The molecule has 5 nitrogen and oxygen atoms in total. The van der Waals surface area contributed by atoms with E-state index in [4.69, 9.17) is 0 Å². The Kier molecular flexibility index (Phi) is 2.62. The third-order valence-corrected chi connectivity index (χ3v) is 2.08. The quantitative estimate of drug-likeness (QED) is 0.799. The molecule has 0 aromatic carbocycles. The molecule has 0 aliphatic rings. The fourth-order valence-electron chi connectivity index (χ4n) is 1.39. The van der Waals surface area contributed by atoms with Crippen molar-refractivity contribution in [2.75, 3.05) is 5.32 Å². The number of aromatic nitrogens is 3. The molecule has 5 heteroatoms. The maximum Gasteiger partial charge on any atom is 0.224 e. The predicted molar refractivity (Wildman–Crippen MR) is 57.4 cm³/mol. The summed E-state index contributed by atoms with van der Waals surface area (Å²) in [6, 6.07) is 1.76. The van der Waals surface area contributed by atoms with Gasteiger partial charge < -0.3 is 10.3 Å². The largest absolute Gasteiger partial charge is 0.342 e. The highest BCUT2D eigenvalue weighted by Crippen LogP contribution is 2.17. The molecule has 0 unspecified atom stereocenters. The summed E-state index contributed by atoms with van der Waals surface area (Å²) in [5, 5.41) is 2.82. The van der Waals surface area contributed by atoms with Crippen LogP contribution in [0.4, 0.5) is 5.69 Å². The molecule has 0 saturated heterocycles. The Balaban J connectivity index is 2.27. The summed E-state index contributed by atoms with van der Waals surface area (Å²) in [5.74, 6) is 0.0135. The summed E-state index contributed by atoms with van der Waals surface area (Å²) >= 11 is 0. The second kappa shape index (κ2) is 4.08. The van der Waals surface area contributed by atoms with Crippen LogP contribution in [0.1, 0.15) is 19.8 Å². The number of aromatic amines is 1. The van der Waals surface area contributed by atoms with Crippen LogP contribution in [-0.2, 0) is 4.79 Å². The minimum absolute atomic E-state index is 0.0135. The van der Waals surface area contributed by atoms with Crippen molar-refractivity contribution in [1.82, 2.24) is 15.0 Å². The smallest absolute Gasteiger partial charge is 0.224 e. The number of hydrogen-bond acceptors (Lipinski definition) is 3. The standard InChI is InChI=1S/C10H12N4O/c1-2-3-8(15)14-7-4-5-11-10-9(7)12-6-13-10/h4-6H,2-3H2,1H3,(H2,11,12,13,14,15). The minimum atomic E-state index is 0.0135. The summed E-state index contributed by atoms with van der Waals surface area (Å²) in [4.78, 5) is 22.4. The molecule has 1 amide bonds. The summed E-state index contributed by atoms with van der Waals surface area (Å²) in [6.07, 6.45) is 4.55. The van der Waals surface area contributed by atoms with E-state index in [1.807, 2.05) is 6.92 Å². The third-order valence-electron chi connectivity index (χ3n) is 2.08. The third kappa shape index (κ3) is 1.96. The Morgan fingerprint density at radius 2 is 2.40 bits per heavy atom. The van der Waals surface area contributed by atoms with Gasteiger partial charge in [-0.15, -0.1) is 0 Å². The number of amides is 1. The molecular weight excluding hydrogens is 192 g/mol. The molecule has 2 rings (SSSR count). The monoisotopic (exact) mass is 204 g/mol. The second-order valence-corrected chi connectivity index (χ2v) is 3.26. The number of anilines is 1. The number of carbonyl (C=O) groups excluding carboxylic acids is 1.